The van der Waals surface area contributed by atoms with E-state index in [0.29, 0.717) is 6.42 Å². The van der Waals surface area contributed by atoms with Gasteiger partial charge >= 0.3 is 0 Å². The van der Waals surface area contributed by atoms with E-state index in [9.17, 15) is 4.79 Å². The smallest absolute Gasteiger partial charge is 0.164 e. The van der Waals surface area contributed by atoms with Crippen LogP contribution in [0.25, 0.3) is 0 Å². The molecule has 3 nitrogen and oxygen atoms in total. The molecule has 0 aromatic carbocycles. The van der Waals surface area contributed by atoms with Gasteiger partial charge in [0.15, 0.2) is 5.78 Å². The molecule has 0 unspecified atom stereocenters. The predicted molar refractivity (Wildman–Crippen MR) is 54.0 cm³/mol. The number of allylic oxidation sites excluding steroid dienone is 1. The number of methoxy groups -OCH3 is 1. The standard InChI is InChI=1S/C11H18O3/c1-11(2,13-3)7-10(12)9-5-4-6-14-8-9/h8H,4-7H2,1-3H3. The quantitative estimate of drug-likeness (QED) is 0.693. The molecule has 0 saturated carbocycles. The van der Waals surface area contributed by atoms with Crippen LogP contribution in [0.2, 0.25) is 0 Å². The number of rotatable bonds is 4. The van der Waals surface area contributed by atoms with Gasteiger partial charge in [-0.3, -0.25) is 4.79 Å². The molecule has 0 saturated heterocycles. The van der Waals surface area contributed by atoms with Crippen molar-refractivity contribution in [1.29, 1.82) is 0 Å². The Labute approximate surface area is 85.1 Å². The van der Waals surface area contributed by atoms with Crippen molar-refractivity contribution in [1.82, 2.24) is 0 Å². The summed E-state index contributed by atoms with van der Waals surface area (Å²) in [4.78, 5) is 11.7. The summed E-state index contributed by atoms with van der Waals surface area (Å²) in [5.41, 5.74) is 0.413. The normalized spacial score (nSPS) is 17.2. The molecule has 1 aliphatic rings. The van der Waals surface area contributed by atoms with Gasteiger partial charge in [-0.1, -0.05) is 0 Å². The lowest BCUT2D eigenvalue weighted by Crippen LogP contribution is -2.27. The van der Waals surface area contributed by atoms with Gasteiger partial charge in [0.05, 0.1) is 18.5 Å². The van der Waals surface area contributed by atoms with Crippen LogP contribution in [0.3, 0.4) is 0 Å². The highest BCUT2D eigenvalue weighted by Gasteiger charge is 2.24. The number of carbonyl (C=O) groups excluding carboxylic acids is 1. The van der Waals surface area contributed by atoms with Gasteiger partial charge in [-0.2, -0.15) is 0 Å². The zero-order chi connectivity index (χ0) is 10.6. The van der Waals surface area contributed by atoms with Gasteiger partial charge in [-0.15, -0.1) is 0 Å². The molecule has 0 aromatic heterocycles. The van der Waals surface area contributed by atoms with E-state index < -0.39 is 0 Å². The number of ether oxygens (including phenoxy) is 2. The Hall–Kier alpha value is -0.830. The summed E-state index contributed by atoms with van der Waals surface area (Å²) in [5.74, 6) is 0.136. The van der Waals surface area contributed by atoms with Crippen molar-refractivity contribution >= 4 is 5.78 Å². The zero-order valence-electron chi connectivity index (χ0n) is 9.13. The molecular formula is C11H18O3. The summed E-state index contributed by atoms with van der Waals surface area (Å²) in [6.07, 6.45) is 3.78. The fourth-order valence-electron chi connectivity index (χ4n) is 1.34. The van der Waals surface area contributed by atoms with E-state index in [1.165, 1.54) is 0 Å². The molecule has 0 aromatic rings. The van der Waals surface area contributed by atoms with E-state index >= 15 is 0 Å². The average molecular weight is 198 g/mol. The maximum Gasteiger partial charge on any atom is 0.164 e. The van der Waals surface area contributed by atoms with Crippen LogP contribution in [0.4, 0.5) is 0 Å². The van der Waals surface area contributed by atoms with Crippen molar-refractivity contribution in [3.05, 3.63) is 11.8 Å². The Morgan fingerprint density at radius 1 is 1.64 bits per heavy atom. The molecular weight excluding hydrogens is 180 g/mol. The summed E-state index contributed by atoms with van der Waals surface area (Å²) in [5, 5.41) is 0. The van der Waals surface area contributed by atoms with Gasteiger partial charge in [-0.25, -0.2) is 0 Å². The van der Waals surface area contributed by atoms with Gasteiger partial charge in [0.25, 0.3) is 0 Å². The SMILES string of the molecule is COC(C)(C)CC(=O)C1=COCCC1. The molecule has 1 rings (SSSR count). The van der Waals surface area contributed by atoms with Crippen molar-refractivity contribution in [2.45, 2.75) is 38.7 Å². The molecule has 3 heteroatoms. The van der Waals surface area contributed by atoms with E-state index in [1.807, 2.05) is 13.8 Å². The van der Waals surface area contributed by atoms with Crippen molar-refractivity contribution in [2.24, 2.45) is 0 Å². The third-order valence-corrected chi connectivity index (χ3v) is 2.43. The minimum Gasteiger partial charge on any atom is -0.501 e. The fraction of sp³-hybridized carbons (Fsp3) is 0.727. The summed E-state index contributed by atoms with van der Waals surface area (Å²) < 4.78 is 10.3. The van der Waals surface area contributed by atoms with E-state index in [2.05, 4.69) is 0 Å². The zero-order valence-corrected chi connectivity index (χ0v) is 9.13. The minimum atomic E-state index is -0.380. The average Bonchev–Trinajstić information content (AvgIpc) is 2.19. The Bertz CT molecular complexity index is 241. The molecule has 80 valence electrons. The van der Waals surface area contributed by atoms with E-state index in [-0.39, 0.29) is 11.4 Å². The van der Waals surface area contributed by atoms with Crippen LogP contribution >= 0.6 is 0 Å². The monoisotopic (exact) mass is 198 g/mol. The Balaban J connectivity index is 2.53. The third-order valence-electron chi connectivity index (χ3n) is 2.43. The lowest BCUT2D eigenvalue weighted by Gasteiger charge is -2.23. The predicted octanol–water partition coefficient (Wildman–Crippen LogP) is 2.06. The summed E-state index contributed by atoms with van der Waals surface area (Å²) in [6, 6.07) is 0. The van der Waals surface area contributed by atoms with Crippen LogP contribution < -0.4 is 0 Å². The third kappa shape index (κ3) is 3.14. The lowest BCUT2D eigenvalue weighted by molar-refractivity contribution is -0.120. The number of hydrogen-bond acceptors (Lipinski definition) is 3. The van der Waals surface area contributed by atoms with Crippen molar-refractivity contribution in [3.63, 3.8) is 0 Å². The highest BCUT2D eigenvalue weighted by Crippen LogP contribution is 2.20. The number of hydrogen-bond donors (Lipinski definition) is 0. The molecule has 0 spiro atoms. The molecule has 0 bridgehead atoms. The van der Waals surface area contributed by atoms with Crippen molar-refractivity contribution < 1.29 is 14.3 Å². The first-order valence-corrected chi connectivity index (χ1v) is 4.94. The van der Waals surface area contributed by atoms with E-state index in [4.69, 9.17) is 9.47 Å². The van der Waals surface area contributed by atoms with Crippen LogP contribution in [-0.2, 0) is 14.3 Å². The van der Waals surface area contributed by atoms with Crippen molar-refractivity contribution in [3.8, 4) is 0 Å². The molecule has 1 aliphatic heterocycles. The Kier molecular flexibility index (Phi) is 3.69. The maximum atomic E-state index is 11.7. The fourth-order valence-corrected chi connectivity index (χ4v) is 1.34. The summed E-state index contributed by atoms with van der Waals surface area (Å²) >= 11 is 0. The first-order valence-electron chi connectivity index (χ1n) is 4.94. The Morgan fingerprint density at radius 3 is 2.86 bits per heavy atom. The van der Waals surface area contributed by atoms with E-state index in [1.54, 1.807) is 13.4 Å². The van der Waals surface area contributed by atoms with Gasteiger partial charge in [0.2, 0.25) is 0 Å². The molecule has 0 N–H and O–H groups in total. The molecule has 0 atom stereocenters. The number of Topliss-reactive ketones (excluding diaryl/α,β-unsaturated/α-hetero) is 1. The topological polar surface area (TPSA) is 35.5 Å². The second-order valence-electron chi connectivity index (χ2n) is 4.18. The first kappa shape index (κ1) is 11.2. The minimum absolute atomic E-state index is 0.136. The van der Waals surface area contributed by atoms with Crippen LogP contribution in [0, 0.1) is 0 Å². The van der Waals surface area contributed by atoms with Gasteiger partial charge in [0, 0.05) is 19.1 Å². The first-order chi connectivity index (χ1) is 6.55. The lowest BCUT2D eigenvalue weighted by atomic mass is 9.95. The number of ketones is 1. The van der Waals surface area contributed by atoms with Gasteiger partial charge < -0.3 is 9.47 Å². The molecule has 0 amide bonds. The van der Waals surface area contributed by atoms with Crippen molar-refractivity contribution in [2.75, 3.05) is 13.7 Å². The van der Waals surface area contributed by atoms with Crippen LogP contribution in [0.15, 0.2) is 11.8 Å². The molecule has 1 heterocycles. The highest BCUT2D eigenvalue weighted by molar-refractivity contribution is 5.95. The van der Waals surface area contributed by atoms with Crippen LogP contribution in [0.5, 0.6) is 0 Å². The summed E-state index contributed by atoms with van der Waals surface area (Å²) in [7, 11) is 1.62. The van der Waals surface area contributed by atoms with Crippen LogP contribution in [-0.4, -0.2) is 25.1 Å². The summed E-state index contributed by atoms with van der Waals surface area (Å²) in [6.45, 7) is 4.55. The molecule has 0 aliphatic carbocycles. The van der Waals surface area contributed by atoms with Crippen LogP contribution in [0.1, 0.15) is 33.1 Å². The Morgan fingerprint density at radius 2 is 2.36 bits per heavy atom. The second-order valence-corrected chi connectivity index (χ2v) is 4.18. The van der Waals surface area contributed by atoms with Gasteiger partial charge in [-0.05, 0) is 26.7 Å². The highest BCUT2D eigenvalue weighted by atomic mass is 16.5. The van der Waals surface area contributed by atoms with Gasteiger partial charge in [0.1, 0.15) is 0 Å². The molecule has 0 radical (unpaired) electrons. The number of carbonyl (C=O) groups is 1. The largest absolute Gasteiger partial charge is 0.501 e. The second kappa shape index (κ2) is 4.60. The maximum absolute atomic E-state index is 11.7. The molecule has 0 fully saturated rings. The molecule has 14 heavy (non-hydrogen) atoms. The van der Waals surface area contributed by atoms with E-state index in [0.717, 1.165) is 25.0 Å².